The van der Waals surface area contributed by atoms with E-state index in [-0.39, 0.29) is 12.4 Å². The van der Waals surface area contributed by atoms with Crippen molar-refractivity contribution >= 4 is 17.3 Å². The Labute approximate surface area is 227 Å². The van der Waals surface area contributed by atoms with Crippen molar-refractivity contribution in [1.82, 2.24) is 4.98 Å². The van der Waals surface area contributed by atoms with Gasteiger partial charge in [-0.05, 0) is 48.9 Å². The third kappa shape index (κ3) is 7.44. The first-order valence-corrected chi connectivity index (χ1v) is 12.3. The molecule has 0 saturated heterocycles. The van der Waals surface area contributed by atoms with Gasteiger partial charge >= 0.3 is 18.5 Å². The largest absolute Gasteiger partial charge is 0.573 e. The van der Waals surface area contributed by atoms with Gasteiger partial charge in [0, 0.05) is 29.0 Å². The number of halogens is 6. The number of hydrogen-bond donors (Lipinski definition) is 0. The molecule has 0 atom stereocenters. The van der Waals surface area contributed by atoms with Crippen LogP contribution in [0.5, 0.6) is 17.2 Å². The fourth-order valence-corrected chi connectivity index (χ4v) is 4.23. The van der Waals surface area contributed by atoms with E-state index in [2.05, 4.69) is 14.6 Å². The molecule has 40 heavy (non-hydrogen) atoms. The van der Waals surface area contributed by atoms with Gasteiger partial charge in [-0.3, -0.25) is 9.78 Å². The molecule has 210 valence electrons. The van der Waals surface area contributed by atoms with Crippen LogP contribution in [0.3, 0.4) is 0 Å². The fraction of sp³-hybridized carbons (Fsp3) is 0.185. The van der Waals surface area contributed by atoms with Crippen LogP contribution in [0.25, 0.3) is 22.4 Å². The van der Waals surface area contributed by atoms with Gasteiger partial charge in [-0.25, -0.2) is 9.78 Å². The molecule has 6 nitrogen and oxygen atoms in total. The quantitative estimate of drug-likeness (QED) is 0.119. The first-order chi connectivity index (χ1) is 18.8. The number of alkyl halides is 6. The molecule has 1 heterocycles. The zero-order chi connectivity index (χ0) is 29.1. The number of aryl methyl sites for hydroxylation is 1. The van der Waals surface area contributed by atoms with Crippen LogP contribution in [-0.2, 0) is 22.5 Å². The number of rotatable bonds is 8. The lowest BCUT2D eigenvalue weighted by Crippen LogP contribution is -2.16. The third-order valence-corrected chi connectivity index (χ3v) is 6.16. The monoisotopic (exact) mass is 583 g/mol. The van der Waals surface area contributed by atoms with Crippen molar-refractivity contribution in [3.63, 3.8) is 0 Å². The molecule has 0 aliphatic heterocycles. The SMILES string of the molecule is CC(=O)OOc1cc(-c2ccc(OC(F)(F)F)cc2)c(OCc2nc(-c3ccc(C(F)(F)F)cc3)cs2)cc1C. The maximum Gasteiger partial charge on any atom is 0.573 e. The normalized spacial score (nSPS) is 11.7. The van der Waals surface area contributed by atoms with E-state index < -0.39 is 29.8 Å². The second-order valence-corrected chi connectivity index (χ2v) is 9.28. The number of carbonyl (C=O) groups excluding carboxylic acids is 1. The number of carbonyl (C=O) groups is 1. The first kappa shape index (κ1) is 28.7. The predicted molar refractivity (Wildman–Crippen MR) is 133 cm³/mol. The molecular formula is C27H19F6NO5S. The molecule has 0 bridgehead atoms. The van der Waals surface area contributed by atoms with Crippen molar-refractivity contribution in [1.29, 1.82) is 0 Å². The number of benzene rings is 3. The highest BCUT2D eigenvalue weighted by molar-refractivity contribution is 7.09. The average molecular weight is 584 g/mol. The predicted octanol–water partition coefficient (Wildman–Crippen LogP) is 8.14. The first-order valence-electron chi connectivity index (χ1n) is 11.4. The molecule has 0 amide bonds. The van der Waals surface area contributed by atoms with Crippen molar-refractivity contribution < 1.29 is 50.4 Å². The summed E-state index contributed by atoms with van der Waals surface area (Å²) in [6, 6.07) is 12.8. The Kier molecular flexibility index (Phi) is 8.24. The van der Waals surface area contributed by atoms with Gasteiger partial charge in [-0.1, -0.05) is 24.3 Å². The lowest BCUT2D eigenvalue weighted by Gasteiger charge is -2.15. The number of nitrogens with zero attached hydrogens (tertiary/aromatic N) is 1. The van der Waals surface area contributed by atoms with E-state index in [1.54, 1.807) is 18.4 Å². The minimum Gasteiger partial charge on any atom is -0.486 e. The zero-order valence-corrected chi connectivity index (χ0v) is 21.5. The number of thiazole rings is 1. The van der Waals surface area contributed by atoms with Gasteiger partial charge < -0.3 is 9.47 Å². The molecule has 3 aromatic carbocycles. The van der Waals surface area contributed by atoms with Crippen LogP contribution in [0, 0.1) is 6.92 Å². The molecule has 0 N–H and O–H groups in total. The molecule has 0 fully saturated rings. The standard InChI is InChI=1S/C27H19F6NO5S/c1-15-11-24(36-13-25-34-22(14-40-25)18-3-7-19(8-4-18)26(28,29)30)21(12-23(15)39-38-16(2)35)17-5-9-20(10-6-17)37-27(31,32)33/h3-12,14H,13H2,1-2H3. The molecule has 0 unspecified atom stereocenters. The lowest BCUT2D eigenvalue weighted by atomic mass is 10.0. The molecule has 4 rings (SSSR count). The summed E-state index contributed by atoms with van der Waals surface area (Å²) in [4.78, 5) is 25.3. The second kappa shape index (κ2) is 11.5. The van der Waals surface area contributed by atoms with Crippen molar-refractivity contribution in [2.75, 3.05) is 0 Å². The van der Waals surface area contributed by atoms with Crippen LogP contribution in [0.1, 0.15) is 23.1 Å². The van der Waals surface area contributed by atoms with E-state index in [0.29, 0.717) is 38.7 Å². The average Bonchev–Trinajstić information content (AvgIpc) is 3.35. The topological polar surface area (TPSA) is 66.9 Å². The highest BCUT2D eigenvalue weighted by atomic mass is 32.1. The van der Waals surface area contributed by atoms with Gasteiger partial charge in [0.1, 0.15) is 23.1 Å². The highest BCUT2D eigenvalue weighted by Crippen LogP contribution is 2.38. The van der Waals surface area contributed by atoms with E-state index >= 15 is 0 Å². The van der Waals surface area contributed by atoms with E-state index in [1.165, 1.54) is 41.7 Å². The molecule has 13 heteroatoms. The van der Waals surface area contributed by atoms with Crippen molar-refractivity contribution in [3.8, 4) is 39.6 Å². The van der Waals surface area contributed by atoms with Crippen molar-refractivity contribution in [2.45, 2.75) is 33.0 Å². The minimum atomic E-state index is -4.85. The number of aromatic nitrogens is 1. The van der Waals surface area contributed by atoms with Crippen LogP contribution in [-0.4, -0.2) is 17.3 Å². The van der Waals surface area contributed by atoms with Crippen LogP contribution in [0.2, 0.25) is 0 Å². The van der Waals surface area contributed by atoms with E-state index in [4.69, 9.17) is 9.62 Å². The highest BCUT2D eigenvalue weighted by Gasteiger charge is 2.31. The summed E-state index contributed by atoms with van der Waals surface area (Å²) in [6.45, 7) is 2.80. The number of hydrogen-bond acceptors (Lipinski definition) is 7. The minimum absolute atomic E-state index is 0.0167. The second-order valence-electron chi connectivity index (χ2n) is 8.33. The summed E-state index contributed by atoms with van der Waals surface area (Å²) in [5, 5.41) is 2.20. The van der Waals surface area contributed by atoms with Crippen LogP contribution >= 0.6 is 11.3 Å². The van der Waals surface area contributed by atoms with Gasteiger partial charge in [0.25, 0.3) is 0 Å². The maximum atomic E-state index is 12.8. The fourth-order valence-electron chi connectivity index (χ4n) is 3.52. The smallest absolute Gasteiger partial charge is 0.486 e. The molecule has 0 aliphatic carbocycles. The molecule has 0 aliphatic rings. The van der Waals surface area contributed by atoms with Gasteiger partial charge in [-0.15, -0.1) is 24.5 Å². The Hall–Kier alpha value is -4.26. The summed E-state index contributed by atoms with van der Waals surface area (Å²) >= 11 is 1.24. The van der Waals surface area contributed by atoms with Crippen molar-refractivity contribution in [3.05, 3.63) is 82.2 Å². The van der Waals surface area contributed by atoms with Gasteiger partial charge in [0.15, 0.2) is 5.75 Å². The Morgan fingerprint density at radius 2 is 1.55 bits per heavy atom. The summed E-state index contributed by atoms with van der Waals surface area (Å²) in [6.07, 6.45) is -9.29. The Balaban J connectivity index is 1.58. The van der Waals surface area contributed by atoms with Gasteiger partial charge in [-0.2, -0.15) is 13.2 Å². The Bertz CT molecular complexity index is 1480. The Morgan fingerprint density at radius 3 is 2.15 bits per heavy atom. The van der Waals surface area contributed by atoms with E-state index in [1.807, 2.05) is 0 Å². The van der Waals surface area contributed by atoms with Gasteiger partial charge in [0.2, 0.25) is 0 Å². The van der Waals surface area contributed by atoms with E-state index in [0.717, 1.165) is 31.2 Å². The van der Waals surface area contributed by atoms with Gasteiger partial charge in [0.05, 0.1) is 11.3 Å². The zero-order valence-electron chi connectivity index (χ0n) is 20.7. The summed E-state index contributed by atoms with van der Waals surface area (Å²) in [7, 11) is 0. The van der Waals surface area contributed by atoms with Crippen LogP contribution in [0.15, 0.2) is 66.0 Å². The summed E-state index contributed by atoms with van der Waals surface area (Å²) in [5.41, 5.74) is 1.59. The number of ether oxygens (including phenoxy) is 2. The molecule has 4 aromatic rings. The molecule has 0 saturated carbocycles. The van der Waals surface area contributed by atoms with Crippen LogP contribution < -0.4 is 14.4 Å². The summed E-state index contributed by atoms with van der Waals surface area (Å²) < 4.78 is 86.1. The molecular weight excluding hydrogens is 564 g/mol. The molecule has 1 aromatic heterocycles. The third-order valence-electron chi connectivity index (χ3n) is 5.34. The molecule has 0 spiro atoms. The van der Waals surface area contributed by atoms with Crippen molar-refractivity contribution in [2.24, 2.45) is 0 Å². The summed E-state index contributed by atoms with van der Waals surface area (Å²) in [5.74, 6) is -0.612. The maximum absolute atomic E-state index is 12.8. The lowest BCUT2D eigenvalue weighted by molar-refractivity contribution is -0.274. The molecule has 0 radical (unpaired) electrons. The van der Waals surface area contributed by atoms with Crippen LogP contribution in [0.4, 0.5) is 26.3 Å². The van der Waals surface area contributed by atoms with E-state index in [9.17, 15) is 31.1 Å². The Morgan fingerprint density at radius 1 is 0.900 bits per heavy atom.